The van der Waals surface area contributed by atoms with E-state index in [4.69, 9.17) is 4.74 Å². The lowest BCUT2D eigenvalue weighted by molar-refractivity contribution is 0.0320. The van der Waals surface area contributed by atoms with Crippen LogP contribution in [-0.4, -0.2) is 25.3 Å². The number of piperidine rings is 1. The SMILES string of the molecule is CCOC1CCNC(C)C1. The Labute approximate surface area is 63.0 Å². The van der Waals surface area contributed by atoms with Gasteiger partial charge in [-0.1, -0.05) is 0 Å². The van der Waals surface area contributed by atoms with E-state index in [9.17, 15) is 0 Å². The van der Waals surface area contributed by atoms with Crippen molar-refractivity contribution in [1.82, 2.24) is 5.32 Å². The zero-order chi connectivity index (χ0) is 7.40. The van der Waals surface area contributed by atoms with E-state index in [0.29, 0.717) is 12.1 Å². The van der Waals surface area contributed by atoms with Crippen LogP contribution in [0, 0.1) is 0 Å². The van der Waals surface area contributed by atoms with Crippen LogP contribution < -0.4 is 5.32 Å². The average Bonchev–Trinajstić information content (AvgIpc) is 1.88. The third kappa shape index (κ3) is 2.27. The molecule has 2 atom stereocenters. The van der Waals surface area contributed by atoms with Gasteiger partial charge in [0.05, 0.1) is 6.10 Å². The molecule has 2 nitrogen and oxygen atoms in total. The van der Waals surface area contributed by atoms with E-state index in [1.807, 2.05) is 0 Å². The zero-order valence-corrected chi connectivity index (χ0v) is 6.89. The van der Waals surface area contributed by atoms with Gasteiger partial charge in [-0.05, 0) is 33.2 Å². The lowest BCUT2D eigenvalue weighted by Gasteiger charge is -2.27. The van der Waals surface area contributed by atoms with Gasteiger partial charge in [0.15, 0.2) is 0 Å². The van der Waals surface area contributed by atoms with Gasteiger partial charge in [0, 0.05) is 12.6 Å². The predicted molar refractivity (Wildman–Crippen MR) is 42.1 cm³/mol. The molecule has 1 rings (SSSR count). The van der Waals surface area contributed by atoms with Crippen LogP contribution >= 0.6 is 0 Å². The lowest BCUT2D eigenvalue weighted by atomic mass is 10.0. The van der Waals surface area contributed by atoms with Gasteiger partial charge >= 0.3 is 0 Å². The normalized spacial score (nSPS) is 34.2. The molecule has 0 aromatic carbocycles. The van der Waals surface area contributed by atoms with Crippen LogP contribution in [0.25, 0.3) is 0 Å². The van der Waals surface area contributed by atoms with Crippen molar-refractivity contribution in [2.24, 2.45) is 0 Å². The van der Waals surface area contributed by atoms with Gasteiger partial charge in [0.2, 0.25) is 0 Å². The summed E-state index contributed by atoms with van der Waals surface area (Å²) in [5, 5.41) is 3.39. The maximum atomic E-state index is 5.51. The van der Waals surface area contributed by atoms with Crippen LogP contribution in [0.4, 0.5) is 0 Å². The van der Waals surface area contributed by atoms with Crippen molar-refractivity contribution in [2.45, 2.75) is 38.8 Å². The van der Waals surface area contributed by atoms with Gasteiger partial charge in [0.25, 0.3) is 0 Å². The van der Waals surface area contributed by atoms with Crippen molar-refractivity contribution in [3.8, 4) is 0 Å². The fourth-order valence-corrected chi connectivity index (χ4v) is 1.47. The van der Waals surface area contributed by atoms with Gasteiger partial charge in [-0.3, -0.25) is 0 Å². The topological polar surface area (TPSA) is 21.3 Å². The molecule has 1 N–H and O–H groups in total. The van der Waals surface area contributed by atoms with Gasteiger partial charge in [0.1, 0.15) is 0 Å². The van der Waals surface area contributed by atoms with Crippen molar-refractivity contribution in [3.05, 3.63) is 0 Å². The van der Waals surface area contributed by atoms with E-state index < -0.39 is 0 Å². The Balaban J connectivity index is 2.18. The Kier molecular flexibility index (Phi) is 3.16. The van der Waals surface area contributed by atoms with Crippen molar-refractivity contribution < 1.29 is 4.74 Å². The second kappa shape index (κ2) is 3.94. The van der Waals surface area contributed by atoms with Crippen LogP contribution in [0.1, 0.15) is 26.7 Å². The molecular weight excluding hydrogens is 126 g/mol. The van der Waals surface area contributed by atoms with E-state index in [-0.39, 0.29) is 0 Å². The number of nitrogens with one attached hydrogen (secondary N) is 1. The van der Waals surface area contributed by atoms with E-state index in [1.165, 1.54) is 12.8 Å². The van der Waals surface area contributed by atoms with Crippen molar-refractivity contribution >= 4 is 0 Å². The Morgan fingerprint density at radius 3 is 3.00 bits per heavy atom. The van der Waals surface area contributed by atoms with Gasteiger partial charge in [-0.2, -0.15) is 0 Å². The molecule has 2 heteroatoms. The highest BCUT2D eigenvalue weighted by Crippen LogP contribution is 2.11. The van der Waals surface area contributed by atoms with Gasteiger partial charge < -0.3 is 10.1 Å². The minimum Gasteiger partial charge on any atom is -0.378 e. The molecule has 0 saturated carbocycles. The summed E-state index contributed by atoms with van der Waals surface area (Å²) in [6, 6.07) is 0.644. The van der Waals surface area contributed by atoms with Crippen molar-refractivity contribution in [2.75, 3.05) is 13.2 Å². The smallest absolute Gasteiger partial charge is 0.0601 e. The molecule has 60 valence electrons. The molecule has 1 aliphatic heterocycles. The predicted octanol–water partition coefficient (Wildman–Crippen LogP) is 1.16. The lowest BCUT2D eigenvalue weighted by Crippen LogP contribution is -2.39. The number of rotatable bonds is 2. The molecule has 0 aliphatic carbocycles. The molecule has 1 aliphatic rings. The summed E-state index contributed by atoms with van der Waals surface area (Å²) >= 11 is 0. The maximum absolute atomic E-state index is 5.51. The Morgan fingerprint density at radius 2 is 2.40 bits per heavy atom. The fraction of sp³-hybridized carbons (Fsp3) is 1.00. The molecule has 2 unspecified atom stereocenters. The first-order chi connectivity index (χ1) is 4.83. The summed E-state index contributed by atoms with van der Waals surface area (Å²) in [6.45, 7) is 6.25. The summed E-state index contributed by atoms with van der Waals surface area (Å²) < 4.78 is 5.51. The molecule has 0 aromatic rings. The molecule has 0 bridgehead atoms. The van der Waals surface area contributed by atoms with Crippen LogP contribution in [0.3, 0.4) is 0 Å². The summed E-state index contributed by atoms with van der Waals surface area (Å²) in [4.78, 5) is 0. The highest BCUT2D eigenvalue weighted by atomic mass is 16.5. The quantitative estimate of drug-likeness (QED) is 0.626. The average molecular weight is 143 g/mol. The number of ether oxygens (including phenoxy) is 1. The first kappa shape index (κ1) is 8.02. The molecule has 1 heterocycles. The highest BCUT2D eigenvalue weighted by molar-refractivity contribution is 4.74. The number of hydrogen-bond donors (Lipinski definition) is 1. The standard InChI is InChI=1S/C8H17NO/c1-3-10-8-4-5-9-7(2)6-8/h7-9H,3-6H2,1-2H3. The fourth-order valence-electron chi connectivity index (χ4n) is 1.47. The summed E-state index contributed by atoms with van der Waals surface area (Å²) in [7, 11) is 0. The number of hydrogen-bond acceptors (Lipinski definition) is 2. The molecule has 0 amide bonds. The molecule has 10 heavy (non-hydrogen) atoms. The first-order valence-electron chi connectivity index (χ1n) is 4.18. The Hall–Kier alpha value is -0.0800. The van der Waals surface area contributed by atoms with Crippen molar-refractivity contribution in [3.63, 3.8) is 0 Å². The second-order valence-corrected chi connectivity index (χ2v) is 2.96. The first-order valence-corrected chi connectivity index (χ1v) is 4.18. The molecular formula is C8H17NO. The van der Waals surface area contributed by atoms with Gasteiger partial charge in [-0.15, -0.1) is 0 Å². The minimum atomic E-state index is 0.515. The minimum absolute atomic E-state index is 0.515. The van der Waals surface area contributed by atoms with Gasteiger partial charge in [-0.25, -0.2) is 0 Å². The third-order valence-corrected chi connectivity index (χ3v) is 1.98. The summed E-state index contributed by atoms with van der Waals surface area (Å²) in [5.41, 5.74) is 0. The van der Waals surface area contributed by atoms with Crippen LogP contribution in [0.2, 0.25) is 0 Å². The van der Waals surface area contributed by atoms with Crippen LogP contribution in [0.5, 0.6) is 0 Å². The zero-order valence-electron chi connectivity index (χ0n) is 6.89. The summed E-state index contributed by atoms with van der Waals surface area (Å²) in [6.07, 6.45) is 2.87. The van der Waals surface area contributed by atoms with E-state index >= 15 is 0 Å². The Bertz CT molecular complexity index is 93.3. The van der Waals surface area contributed by atoms with E-state index in [0.717, 1.165) is 13.2 Å². The molecule has 0 spiro atoms. The highest BCUT2D eigenvalue weighted by Gasteiger charge is 2.17. The molecule has 0 aromatic heterocycles. The largest absolute Gasteiger partial charge is 0.378 e. The molecule has 1 fully saturated rings. The van der Waals surface area contributed by atoms with Crippen LogP contribution in [-0.2, 0) is 4.74 Å². The molecule has 0 radical (unpaired) electrons. The monoisotopic (exact) mass is 143 g/mol. The Morgan fingerprint density at radius 1 is 1.60 bits per heavy atom. The third-order valence-electron chi connectivity index (χ3n) is 1.98. The van der Waals surface area contributed by atoms with E-state index in [2.05, 4.69) is 19.2 Å². The van der Waals surface area contributed by atoms with Crippen LogP contribution in [0.15, 0.2) is 0 Å². The summed E-state index contributed by atoms with van der Waals surface area (Å²) in [5.74, 6) is 0. The van der Waals surface area contributed by atoms with E-state index in [1.54, 1.807) is 0 Å². The maximum Gasteiger partial charge on any atom is 0.0601 e. The molecule has 1 saturated heterocycles. The second-order valence-electron chi connectivity index (χ2n) is 2.96. The van der Waals surface area contributed by atoms with Crippen molar-refractivity contribution in [1.29, 1.82) is 0 Å².